The Balaban J connectivity index is 0.000001000. The van der Waals surface area contributed by atoms with Gasteiger partial charge >= 0.3 is 0 Å². The number of halogens is 1. The van der Waals surface area contributed by atoms with Crippen LogP contribution >= 0.6 is 0 Å². The van der Waals surface area contributed by atoms with Crippen LogP contribution in [0.4, 0.5) is 4.39 Å². The van der Waals surface area contributed by atoms with Crippen LogP contribution in [0.5, 0.6) is 5.75 Å². The number of methoxy groups -OCH3 is 1. The summed E-state index contributed by atoms with van der Waals surface area (Å²) in [6.07, 6.45) is 0. The molecule has 1 nitrogen and oxygen atoms in total. The van der Waals surface area contributed by atoms with Gasteiger partial charge in [-0.2, -0.15) is 0 Å². The van der Waals surface area contributed by atoms with Gasteiger partial charge < -0.3 is 4.74 Å². The number of hydrogen-bond donors (Lipinski definition) is 0. The van der Waals surface area contributed by atoms with Gasteiger partial charge in [-0.25, -0.2) is 4.39 Å². The van der Waals surface area contributed by atoms with Crippen LogP contribution in [0.15, 0.2) is 18.2 Å². The molecule has 57 valence electrons. The molecule has 0 bridgehead atoms. The molecule has 0 saturated carbocycles. The van der Waals surface area contributed by atoms with E-state index >= 15 is 0 Å². The summed E-state index contributed by atoms with van der Waals surface area (Å²) in [6.45, 7) is 1.84. The molecule has 0 aliphatic heterocycles. The van der Waals surface area contributed by atoms with Gasteiger partial charge in [-0.3, -0.25) is 0 Å². The monoisotopic (exact) mass is 229 g/mol. The van der Waals surface area contributed by atoms with Crippen molar-refractivity contribution in [3.8, 4) is 5.75 Å². The van der Waals surface area contributed by atoms with Crippen molar-refractivity contribution in [1.29, 1.82) is 0 Å². The molecular formula is C8H9FOY. The zero-order valence-corrected chi connectivity index (χ0v) is 9.43. The zero-order chi connectivity index (χ0) is 7.56. The maximum Gasteiger partial charge on any atom is 0.165 e. The Kier molecular flexibility index (Phi) is 4.86. The largest absolute Gasteiger partial charge is 0.494 e. The quantitative estimate of drug-likeness (QED) is 0.716. The number of rotatable bonds is 1. The molecular weight excluding hydrogens is 220 g/mol. The fourth-order valence-corrected chi connectivity index (χ4v) is 0.771. The first-order chi connectivity index (χ1) is 4.74. The fraction of sp³-hybridized carbons (Fsp3) is 0.250. The Morgan fingerprint density at radius 1 is 1.36 bits per heavy atom. The first kappa shape index (κ1) is 11.1. The molecule has 0 fully saturated rings. The number of hydrogen-bond acceptors (Lipinski definition) is 1. The first-order valence-electron chi connectivity index (χ1n) is 3.04. The van der Waals surface area contributed by atoms with Gasteiger partial charge in [0.25, 0.3) is 0 Å². The molecule has 0 unspecified atom stereocenters. The third-order valence-corrected chi connectivity index (χ3v) is 1.31. The molecule has 0 aliphatic rings. The Morgan fingerprint density at radius 3 is 2.45 bits per heavy atom. The SMILES string of the molecule is COc1ccc(C)cc1F.[Y]. The Hall–Kier alpha value is 0.0539. The van der Waals surface area contributed by atoms with Crippen LogP contribution in [0, 0.1) is 12.7 Å². The van der Waals surface area contributed by atoms with E-state index in [1.165, 1.54) is 13.2 Å². The van der Waals surface area contributed by atoms with Crippen LogP contribution in [0.3, 0.4) is 0 Å². The molecule has 1 aromatic rings. The van der Waals surface area contributed by atoms with Crippen molar-refractivity contribution in [2.75, 3.05) is 7.11 Å². The molecule has 11 heavy (non-hydrogen) atoms. The molecule has 0 atom stereocenters. The summed E-state index contributed by atoms with van der Waals surface area (Å²) >= 11 is 0. The first-order valence-corrected chi connectivity index (χ1v) is 3.04. The van der Waals surface area contributed by atoms with Crippen molar-refractivity contribution in [2.24, 2.45) is 0 Å². The molecule has 1 aromatic carbocycles. The molecule has 0 aliphatic carbocycles. The second-order valence-corrected chi connectivity index (χ2v) is 2.14. The predicted molar refractivity (Wildman–Crippen MR) is 37.7 cm³/mol. The molecule has 0 amide bonds. The van der Waals surface area contributed by atoms with E-state index in [1.54, 1.807) is 6.07 Å². The smallest absolute Gasteiger partial charge is 0.165 e. The van der Waals surface area contributed by atoms with E-state index in [0.717, 1.165) is 5.56 Å². The molecule has 1 radical (unpaired) electrons. The Labute approximate surface area is 90.8 Å². The van der Waals surface area contributed by atoms with Crippen molar-refractivity contribution in [1.82, 2.24) is 0 Å². The van der Waals surface area contributed by atoms with Crippen molar-refractivity contribution in [3.63, 3.8) is 0 Å². The molecule has 0 N–H and O–H groups in total. The fourth-order valence-electron chi connectivity index (χ4n) is 0.771. The minimum absolute atomic E-state index is 0. The van der Waals surface area contributed by atoms with Crippen molar-refractivity contribution >= 4 is 0 Å². The van der Waals surface area contributed by atoms with Gasteiger partial charge in [0.1, 0.15) is 0 Å². The summed E-state index contributed by atoms with van der Waals surface area (Å²) < 4.78 is 17.5. The third-order valence-electron chi connectivity index (χ3n) is 1.31. The van der Waals surface area contributed by atoms with Gasteiger partial charge in [-0.05, 0) is 24.6 Å². The average molecular weight is 229 g/mol. The Bertz CT molecular complexity index is 238. The molecule has 3 heteroatoms. The maximum absolute atomic E-state index is 12.7. The molecule has 0 heterocycles. The summed E-state index contributed by atoms with van der Waals surface area (Å²) in [5.74, 6) is -0.00639. The average Bonchev–Trinajstić information content (AvgIpc) is 1.88. The molecule has 0 saturated heterocycles. The van der Waals surface area contributed by atoms with E-state index in [4.69, 9.17) is 4.74 Å². The predicted octanol–water partition coefficient (Wildman–Crippen LogP) is 2.14. The van der Waals surface area contributed by atoms with E-state index in [2.05, 4.69) is 0 Å². The van der Waals surface area contributed by atoms with Gasteiger partial charge in [-0.1, -0.05) is 6.07 Å². The number of aryl methyl sites for hydroxylation is 1. The van der Waals surface area contributed by atoms with Crippen LogP contribution in [0.25, 0.3) is 0 Å². The zero-order valence-electron chi connectivity index (χ0n) is 6.60. The van der Waals surface area contributed by atoms with Gasteiger partial charge in [0.2, 0.25) is 0 Å². The van der Waals surface area contributed by atoms with Crippen LogP contribution in [0.1, 0.15) is 5.56 Å². The van der Waals surface area contributed by atoms with Gasteiger partial charge in [-0.15, -0.1) is 0 Å². The Morgan fingerprint density at radius 2 is 2.00 bits per heavy atom. The van der Waals surface area contributed by atoms with Gasteiger partial charge in [0.15, 0.2) is 11.6 Å². The molecule has 1 rings (SSSR count). The van der Waals surface area contributed by atoms with Crippen molar-refractivity contribution in [2.45, 2.75) is 6.92 Å². The van der Waals surface area contributed by atoms with Crippen LogP contribution in [-0.2, 0) is 32.7 Å². The van der Waals surface area contributed by atoms with E-state index in [9.17, 15) is 4.39 Å². The second kappa shape index (κ2) is 4.84. The summed E-state index contributed by atoms with van der Waals surface area (Å²) in [7, 11) is 1.45. The van der Waals surface area contributed by atoms with Crippen molar-refractivity contribution in [3.05, 3.63) is 29.6 Å². The summed E-state index contributed by atoms with van der Waals surface area (Å²) in [4.78, 5) is 0. The van der Waals surface area contributed by atoms with E-state index in [-0.39, 0.29) is 38.5 Å². The van der Waals surface area contributed by atoms with Crippen LogP contribution in [0.2, 0.25) is 0 Å². The van der Waals surface area contributed by atoms with Crippen LogP contribution in [-0.4, -0.2) is 7.11 Å². The van der Waals surface area contributed by atoms with E-state index in [0.29, 0.717) is 5.75 Å². The topological polar surface area (TPSA) is 9.23 Å². The van der Waals surface area contributed by atoms with Crippen molar-refractivity contribution < 1.29 is 41.8 Å². The summed E-state index contributed by atoms with van der Waals surface area (Å²) in [6, 6.07) is 4.87. The number of benzene rings is 1. The second-order valence-electron chi connectivity index (χ2n) is 2.14. The van der Waals surface area contributed by atoms with Gasteiger partial charge in [0, 0.05) is 32.7 Å². The number of ether oxygens (including phenoxy) is 1. The van der Waals surface area contributed by atoms with Crippen LogP contribution < -0.4 is 4.74 Å². The maximum atomic E-state index is 12.7. The van der Waals surface area contributed by atoms with E-state index in [1.807, 2.05) is 13.0 Å². The minimum Gasteiger partial charge on any atom is -0.494 e. The summed E-state index contributed by atoms with van der Waals surface area (Å²) in [5.41, 5.74) is 0.901. The summed E-state index contributed by atoms with van der Waals surface area (Å²) in [5, 5.41) is 0. The minimum atomic E-state index is -0.303. The standard InChI is InChI=1S/C8H9FO.Y/c1-6-3-4-8(10-2)7(9)5-6;/h3-5H,1-2H3;. The van der Waals surface area contributed by atoms with E-state index < -0.39 is 0 Å². The normalized spacial score (nSPS) is 8.64. The third kappa shape index (κ3) is 2.88. The van der Waals surface area contributed by atoms with Gasteiger partial charge in [0.05, 0.1) is 7.11 Å². The molecule has 0 spiro atoms. The molecule has 0 aromatic heterocycles.